The normalized spacial score (nSPS) is 12.2. The fourth-order valence-corrected chi connectivity index (χ4v) is 3.19. The Kier molecular flexibility index (Phi) is 4.73. The highest BCUT2D eigenvalue weighted by molar-refractivity contribution is 7.15. The molecule has 1 N–H and O–H groups in total. The van der Waals surface area contributed by atoms with Gasteiger partial charge in [-0.2, -0.15) is 4.98 Å². The van der Waals surface area contributed by atoms with Gasteiger partial charge >= 0.3 is 0 Å². The molecule has 2 aromatic heterocycles. The lowest BCUT2D eigenvalue weighted by molar-refractivity contribution is 0.0754. The first-order valence-electron chi connectivity index (χ1n) is 7.51. The molecule has 0 aliphatic rings. The molecule has 7 heteroatoms. The van der Waals surface area contributed by atoms with Gasteiger partial charge in [0, 0.05) is 31.2 Å². The summed E-state index contributed by atoms with van der Waals surface area (Å²) in [6, 6.07) is 10.6. The Morgan fingerprint density at radius 3 is 2.88 bits per heavy atom. The minimum absolute atomic E-state index is 0.275. The summed E-state index contributed by atoms with van der Waals surface area (Å²) in [5, 5.41) is 12.0. The smallest absolute Gasteiger partial charge is 0.274 e. The molecule has 0 bridgehead atoms. The molecule has 2 heterocycles. The summed E-state index contributed by atoms with van der Waals surface area (Å²) in [6.45, 7) is 0.373. The topological polar surface area (TPSA) is 74.9 Å². The number of aliphatic hydroxyl groups is 1. The average Bonchev–Trinajstić information content (AvgIpc) is 3.07. The molecule has 0 spiro atoms. The molecule has 24 heavy (non-hydrogen) atoms. The largest absolute Gasteiger partial charge is 0.388 e. The number of hydrogen-bond acceptors (Lipinski definition) is 5. The Morgan fingerprint density at radius 1 is 1.38 bits per heavy atom. The van der Waals surface area contributed by atoms with Gasteiger partial charge in [-0.05, 0) is 12.0 Å². The molecule has 0 radical (unpaired) electrons. The maximum atomic E-state index is 12.6. The molecule has 1 aromatic carbocycles. The van der Waals surface area contributed by atoms with Gasteiger partial charge in [-0.1, -0.05) is 30.3 Å². The lowest BCUT2D eigenvalue weighted by atomic mass is 10.1. The first-order valence-corrected chi connectivity index (χ1v) is 8.39. The third kappa shape index (κ3) is 3.37. The summed E-state index contributed by atoms with van der Waals surface area (Å²) in [7, 11) is 1.66. The first-order chi connectivity index (χ1) is 11.6. The number of amides is 1. The van der Waals surface area contributed by atoms with Gasteiger partial charge in [0.05, 0.1) is 6.10 Å². The van der Waals surface area contributed by atoms with E-state index >= 15 is 0 Å². The number of aliphatic hydroxyl groups excluding tert-OH is 1. The van der Waals surface area contributed by atoms with Crippen LogP contribution in [0.4, 0.5) is 0 Å². The van der Waals surface area contributed by atoms with Crippen molar-refractivity contribution in [2.45, 2.75) is 12.5 Å². The zero-order chi connectivity index (χ0) is 17.1. The number of aromatic nitrogens is 2. The predicted octanol–water partition coefficient (Wildman–Crippen LogP) is 1.95. The van der Waals surface area contributed by atoms with E-state index in [0.29, 0.717) is 17.9 Å². The van der Waals surface area contributed by atoms with Crippen molar-refractivity contribution in [3.63, 3.8) is 0 Å². The molecule has 124 valence electrons. The van der Waals surface area contributed by atoms with Crippen molar-refractivity contribution >= 4 is 22.2 Å². The third-order valence-corrected chi connectivity index (χ3v) is 4.56. The lowest BCUT2D eigenvalue weighted by Crippen LogP contribution is -2.31. The number of fused-ring (bicyclic) bond motifs is 1. The van der Waals surface area contributed by atoms with Crippen molar-refractivity contribution in [2.75, 3.05) is 13.6 Å². The van der Waals surface area contributed by atoms with E-state index in [9.17, 15) is 14.7 Å². The zero-order valence-electron chi connectivity index (χ0n) is 13.1. The molecule has 0 saturated carbocycles. The number of carbonyl (C=O) groups excluding carboxylic acids is 1. The highest BCUT2D eigenvalue weighted by Gasteiger charge is 2.18. The standard InChI is InChI=1S/C17H17N3O3S/c1-19(8-7-14(21)12-5-3-2-4-6-12)16(23)13-11-15(22)18-17-20(13)9-10-24-17/h2-6,9-11,14,21H,7-8H2,1H3/t14-/m1/s1. The van der Waals surface area contributed by atoms with Gasteiger partial charge in [0.25, 0.3) is 11.5 Å². The minimum Gasteiger partial charge on any atom is -0.388 e. The Labute approximate surface area is 142 Å². The predicted molar refractivity (Wildman–Crippen MR) is 92.3 cm³/mol. The number of rotatable bonds is 5. The molecular weight excluding hydrogens is 326 g/mol. The Morgan fingerprint density at radius 2 is 2.12 bits per heavy atom. The van der Waals surface area contributed by atoms with Crippen LogP contribution in [0, 0.1) is 0 Å². The lowest BCUT2D eigenvalue weighted by Gasteiger charge is -2.19. The maximum Gasteiger partial charge on any atom is 0.274 e. The van der Waals surface area contributed by atoms with Crippen molar-refractivity contribution in [1.29, 1.82) is 0 Å². The van der Waals surface area contributed by atoms with E-state index in [4.69, 9.17) is 0 Å². The van der Waals surface area contributed by atoms with E-state index in [2.05, 4.69) is 4.98 Å². The van der Waals surface area contributed by atoms with Gasteiger partial charge in [-0.25, -0.2) is 0 Å². The van der Waals surface area contributed by atoms with E-state index in [-0.39, 0.29) is 11.6 Å². The second-order valence-electron chi connectivity index (χ2n) is 5.48. The van der Waals surface area contributed by atoms with Crippen LogP contribution in [0.3, 0.4) is 0 Å². The number of hydrogen-bond donors (Lipinski definition) is 1. The Balaban J connectivity index is 1.72. The highest BCUT2D eigenvalue weighted by atomic mass is 32.1. The minimum atomic E-state index is -0.636. The van der Waals surface area contributed by atoms with Crippen LogP contribution in [0.5, 0.6) is 0 Å². The summed E-state index contributed by atoms with van der Waals surface area (Å²) < 4.78 is 1.61. The first kappa shape index (κ1) is 16.4. The maximum absolute atomic E-state index is 12.6. The molecule has 6 nitrogen and oxygen atoms in total. The fraction of sp³-hybridized carbons (Fsp3) is 0.235. The van der Waals surface area contributed by atoms with Crippen LogP contribution in [0.2, 0.25) is 0 Å². The van der Waals surface area contributed by atoms with Crippen molar-refractivity contribution in [2.24, 2.45) is 0 Å². The van der Waals surface area contributed by atoms with Gasteiger partial charge < -0.3 is 10.0 Å². The van der Waals surface area contributed by atoms with E-state index < -0.39 is 11.7 Å². The number of thiazole rings is 1. The second kappa shape index (κ2) is 6.94. The summed E-state index contributed by atoms with van der Waals surface area (Å²) in [5.74, 6) is -0.275. The number of carbonyl (C=O) groups is 1. The molecule has 0 saturated heterocycles. The van der Waals surface area contributed by atoms with Crippen LogP contribution >= 0.6 is 11.3 Å². The van der Waals surface area contributed by atoms with Crippen molar-refractivity contribution in [3.05, 3.63) is 69.6 Å². The van der Waals surface area contributed by atoms with E-state index in [0.717, 1.165) is 5.56 Å². The van der Waals surface area contributed by atoms with Crippen LogP contribution in [-0.4, -0.2) is 38.9 Å². The van der Waals surface area contributed by atoms with Crippen LogP contribution in [0.1, 0.15) is 28.6 Å². The fourth-order valence-electron chi connectivity index (χ4n) is 2.47. The molecule has 3 rings (SSSR count). The molecule has 0 fully saturated rings. The number of nitrogens with zero attached hydrogens (tertiary/aromatic N) is 3. The van der Waals surface area contributed by atoms with E-state index in [1.54, 1.807) is 23.0 Å². The SMILES string of the molecule is CN(CC[C@@H](O)c1ccccc1)C(=O)c1cc(=O)nc2sccn12. The molecule has 3 aromatic rings. The third-order valence-electron chi connectivity index (χ3n) is 3.80. The molecule has 1 atom stereocenters. The summed E-state index contributed by atoms with van der Waals surface area (Å²) in [4.78, 5) is 30.1. The van der Waals surface area contributed by atoms with Crippen molar-refractivity contribution in [3.8, 4) is 0 Å². The highest BCUT2D eigenvalue weighted by Crippen LogP contribution is 2.17. The second-order valence-corrected chi connectivity index (χ2v) is 6.35. The molecular formula is C17H17N3O3S. The van der Waals surface area contributed by atoms with Gasteiger partial charge in [0.15, 0.2) is 4.96 Å². The monoisotopic (exact) mass is 343 g/mol. The summed E-state index contributed by atoms with van der Waals surface area (Å²) >= 11 is 1.30. The van der Waals surface area contributed by atoms with Gasteiger partial charge in [-0.15, -0.1) is 11.3 Å². The van der Waals surface area contributed by atoms with E-state index in [1.165, 1.54) is 22.3 Å². The Hall–Kier alpha value is -2.51. The zero-order valence-corrected chi connectivity index (χ0v) is 13.9. The van der Waals surface area contributed by atoms with Crippen molar-refractivity contribution in [1.82, 2.24) is 14.3 Å². The van der Waals surface area contributed by atoms with Crippen LogP contribution in [-0.2, 0) is 0 Å². The summed E-state index contributed by atoms with van der Waals surface area (Å²) in [5.41, 5.74) is 0.667. The van der Waals surface area contributed by atoms with E-state index in [1.807, 2.05) is 30.3 Å². The average molecular weight is 343 g/mol. The van der Waals surface area contributed by atoms with Gasteiger partial charge in [0.2, 0.25) is 0 Å². The van der Waals surface area contributed by atoms with Gasteiger partial charge in [-0.3, -0.25) is 14.0 Å². The van der Waals surface area contributed by atoms with Crippen molar-refractivity contribution < 1.29 is 9.90 Å². The summed E-state index contributed by atoms with van der Waals surface area (Å²) in [6.07, 6.45) is 1.49. The molecule has 1 amide bonds. The van der Waals surface area contributed by atoms with Gasteiger partial charge in [0.1, 0.15) is 5.69 Å². The van der Waals surface area contributed by atoms with Crippen LogP contribution in [0.25, 0.3) is 4.96 Å². The quantitative estimate of drug-likeness (QED) is 0.768. The molecule has 0 aliphatic carbocycles. The Bertz CT molecular complexity index is 904. The molecule has 0 unspecified atom stereocenters. The van der Waals surface area contributed by atoms with Crippen LogP contribution in [0.15, 0.2) is 52.8 Å². The number of benzene rings is 1. The van der Waals surface area contributed by atoms with Crippen LogP contribution < -0.4 is 5.56 Å². The molecule has 0 aliphatic heterocycles.